The van der Waals surface area contributed by atoms with Gasteiger partial charge in [-0.05, 0) is 61.2 Å². The highest BCUT2D eigenvalue weighted by atomic mass is 19.4. The van der Waals surface area contributed by atoms with Crippen molar-refractivity contribution in [3.63, 3.8) is 0 Å². The van der Waals surface area contributed by atoms with Crippen LogP contribution in [0.2, 0.25) is 0 Å². The molecule has 0 saturated carbocycles. The molecule has 1 unspecified atom stereocenters. The summed E-state index contributed by atoms with van der Waals surface area (Å²) in [5.74, 6) is -4.81. The second-order valence-corrected chi connectivity index (χ2v) is 10.4. The van der Waals surface area contributed by atoms with E-state index >= 15 is 0 Å². The lowest BCUT2D eigenvalue weighted by atomic mass is 10.0. The van der Waals surface area contributed by atoms with Gasteiger partial charge in [-0.25, -0.2) is 4.79 Å². The number of amides is 2. The van der Waals surface area contributed by atoms with Crippen molar-refractivity contribution in [3.05, 3.63) is 98.9 Å². The molecule has 8 nitrogen and oxygen atoms in total. The van der Waals surface area contributed by atoms with Crippen molar-refractivity contribution >= 4 is 28.8 Å². The standard InChI is InChI=1S/C32H26F3NO7/c1-5-17(4)36-29(38)21-12-10-18(14-23(21)30(36)39)31(40)41-19-11-13-22-25(15-19)43-28(32(33,34)35)27(26(22)37)42-24-9-7-6-8-20(24)16(2)3/h6-17H,5H2,1-4H3. The molecule has 0 saturated heterocycles. The highest BCUT2D eigenvalue weighted by Crippen LogP contribution is 2.40. The molecule has 0 spiro atoms. The number of carbonyl (C=O) groups excluding carboxylic acids is 3. The molecule has 2 amide bonds. The molecule has 2 heterocycles. The maximum absolute atomic E-state index is 14.1. The number of fused-ring (bicyclic) bond motifs is 2. The van der Waals surface area contributed by atoms with E-state index in [0.29, 0.717) is 12.0 Å². The number of carbonyl (C=O) groups is 3. The van der Waals surface area contributed by atoms with Crippen molar-refractivity contribution < 1.29 is 41.4 Å². The molecule has 1 aliphatic heterocycles. The lowest BCUT2D eigenvalue weighted by molar-refractivity contribution is -0.154. The van der Waals surface area contributed by atoms with E-state index in [9.17, 15) is 32.3 Å². The second-order valence-electron chi connectivity index (χ2n) is 10.4. The summed E-state index contributed by atoms with van der Waals surface area (Å²) in [6.45, 7) is 7.24. The van der Waals surface area contributed by atoms with Crippen LogP contribution in [0.1, 0.15) is 82.4 Å². The number of hydrogen-bond donors (Lipinski definition) is 0. The van der Waals surface area contributed by atoms with Gasteiger partial charge in [0, 0.05) is 12.1 Å². The van der Waals surface area contributed by atoms with Gasteiger partial charge in [-0.15, -0.1) is 0 Å². The number of nitrogens with zero attached hydrogens (tertiary/aromatic N) is 1. The van der Waals surface area contributed by atoms with Gasteiger partial charge in [-0.2, -0.15) is 13.2 Å². The topological polar surface area (TPSA) is 103 Å². The molecule has 11 heteroatoms. The zero-order chi connectivity index (χ0) is 31.2. The van der Waals surface area contributed by atoms with Crippen LogP contribution in [0.5, 0.6) is 17.2 Å². The van der Waals surface area contributed by atoms with Crippen LogP contribution in [-0.4, -0.2) is 28.7 Å². The zero-order valence-corrected chi connectivity index (χ0v) is 23.6. The van der Waals surface area contributed by atoms with Crippen molar-refractivity contribution in [2.75, 3.05) is 0 Å². The van der Waals surface area contributed by atoms with Gasteiger partial charge in [0.05, 0.1) is 22.1 Å². The van der Waals surface area contributed by atoms with Crippen LogP contribution < -0.4 is 14.9 Å². The smallest absolute Gasteiger partial charge is 0.449 e. The third kappa shape index (κ3) is 5.38. The summed E-state index contributed by atoms with van der Waals surface area (Å²) in [4.78, 5) is 52.8. The van der Waals surface area contributed by atoms with Crippen LogP contribution in [-0.2, 0) is 6.18 Å². The van der Waals surface area contributed by atoms with Gasteiger partial charge >= 0.3 is 12.1 Å². The molecular formula is C32H26F3NO7. The third-order valence-corrected chi connectivity index (χ3v) is 7.23. The zero-order valence-electron chi connectivity index (χ0n) is 23.6. The lowest BCUT2D eigenvalue weighted by Gasteiger charge is -2.20. The van der Waals surface area contributed by atoms with Crippen LogP contribution in [0, 0.1) is 0 Å². The summed E-state index contributed by atoms with van der Waals surface area (Å²) < 4.78 is 58.2. The fourth-order valence-corrected chi connectivity index (χ4v) is 4.79. The Morgan fingerprint density at radius 1 is 0.930 bits per heavy atom. The number of rotatable bonds is 7. The minimum absolute atomic E-state index is 0.0469. The molecule has 0 aliphatic carbocycles. The van der Waals surface area contributed by atoms with Gasteiger partial charge in [-0.1, -0.05) is 39.0 Å². The van der Waals surface area contributed by atoms with Crippen LogP contribution in [0.4, 0.5) is 13.2 Å². The molecule has 222 valence electrons. The monoisotopic (exact) mass is 593 g/mol. The molecule has 0 bridgehead atoms. The van der Waals surface area contributed by atoms with E-state index in [1.807, 2.05) is 20.8 Å². The highest BCUT2D eigenvalue weighted by molar-refractivity contribution is 6.22. The Labute approximate surface area is 243 Å². The van der Waals surface area contributed by atoms with Gasteiger partial charge in [0.2, 0.25) is 11.2 Å². The van der Waals surface area contributed by atoms with E-state index in [1.165, 1.54) is 36.4 Å². The Kier molecular flexibility index (Phi) is 7.59. The lowest BCUT2D eigenvalue weighted by Crippen LogP contribution is -2.37. The Morgan fingerprint density at radius 2 is 1.63 bits per heavy atom. The number of ether oxygens (including phenoxy) is 2. The molecule has 0 radical (unpaired) electrons. The number of para-hydroxylation sites is 1. The van der Waals surface area contributed by atoms with Gasteiger partial charge in [0.15, 0.2) is 0 Å². The molecular weight excluding hydrogens is 567 g/mol. The predicted molar refractivity (Wildman–Crippen MR) is 150 cm³/mol. The van der Waals surface area contributed by atoms with E-state index in [1.54, 1.807) is 25.1 Å². The number of benzene rings is 3. The average molecular weight is 594 g/mol. The molecule has 0 fully saturated rings. The van der Waals surface area contributed by atoms with Gasteiger partial charge in [-0.3, -0.25) is 19.3 Å². The number of esters is 1. The van der Waals surface area contributed by atoms with Crippen molar-refractivity contribution in [3.8, 4) is 17.2 Å². The first kappa shape index (κ1) is 29.6. The van der Waals surface area contributed by atoms with Crippen LogP contribution in [0.3, 0.4) is 0 Å². The van der Waals surface area contributed by atoms with Crippen molar-refractivity contribution in [2.45, 2.75) is 52.3 Å². The van der Waals surface area contributed by atoms with E-state index < -0.39 is 46.5 Å². The Hall–Kier alpha value is -4.93. The third-order valence-electron chi connectivity index (χ3n) is 7.23. The van der Waals surface area contributed by atoms with Crippen molar-refractivity contribution in [1.29, 1.82) is 0 Å². The highest BCUT2D eigenvalue weighted by Gasteiger charge is 2.41. The number of hydrogen-bond acceptors (Lipinski definition) is 7. The first-order valence-electron chi connectivity index (χ1n) is 13.5. The summed E-state index contributed by atoms with van der Waals surface area (Å²) in [5.41, 5.74) is -0.795. The predicted octanol–water partition coefficient (Wildman–Crippen LogP) is 7.34. The first-order valence-corrected chi connectivity index (χ1v) is 13.5. The first-order chi connectivity index (χ1) is 20.3. The van der Waals surface area contributed by atoms with E-state index in [0.717, 1.165) is 11.0 Å². The SMILES string of the molecule is CCC(C)N1C(=O)c2ccc(C(=O)Oc3ccc4c(=O)c(Oc5ccccc5C(C)C)c(C(F)(F)F)oc4c3)cc2C1=O. The fraction of sp³-hybridized carbons (Fsp3) is 0.250. The summed E-state index contributed by atoms with van der Waals surface area (Å²) in [6, 6.07) is 13.4. The van der Waals surface area contributed by atoms with E-state index in [4.69, 9.17) is 13.9 Å². The number of imide groups is 1. The molecule has 1 aromatic heterocycles. The Balaban J connectivity index is 1.48. The molecule has 1 atom stereocenters. The Morgan fingerprint density at radius 3 is 2.30 bits per heavy atom. The second kappa shape index (κ2) is 11.0. The largest absolute Gasteiger partial charge is 0.453 e. The summed E-state index contributed by atoms with van der Waals surface area (Å²) in [6.07, 6.45) is -4.53. The maximum Gasteiger partial charge on any atom is 0.453 e. The normalized spacial score (nSPS) is 13.9. The molecule has 1 aliphatic rings. The van der Waals surface area contributed by atoms with Crippen molar-refractivity contribution in [2.24, 2.45) is 0 Å². The maximum atomic E-state index is 14.1. The molecule has 0 N–H and O–H groups in total. The van der Waals surface area contributed by atoms with Crippen LogP contribution in [0.25, 0.3) is 11.0 Å². The van der Waals surface area contributed by atoms with E-state index in [-0.39, 0.29) is 45.5 Å². The van der Waals surface area contributed by atoms with Crippen molar-refractivity contribution in [1.82, 2.24) is 4.90 Å². The fourth-order valence-electron chi connectivity index (χ4n) is 4.79. The Bertz CT molecular complexity index is 1840. The summed E-state index contributed by atoms with van der Waals surface area (Å²) >= 11 is 0. The molecule has 4 aromatic rings. The quantitative estimate of drug-likeness (QED) is 0.125. The minimum atomic E-state index is -5.08. The van der Waals surface area contributed by atoms with Gasteiger partial charge in [0.1, 0.15) is 17.1 Å². The minimum Gasteiger partial charge on any atom is -0.449 e. The average Bonchev–Trinajstić information content (AvgIpc) is 3.22. The van der Waals surface area contributed by atoms with Gasteiger partial charge in [0.25, 0.3) is 17.6 Å². The van der Waals surface area contributed by atoms with Gasteiger partial charge < -0.3 is 13.9 Å². The molecule has 3 aromatic carbocycles. The molecule has 5 rings (SSSR count). The molecule has 43 heavy (non-hydrogen) atoms. The number of halogens is 3. The van der Waals surface area contributed by atoms with Crippen LogP contribution in [0.15, 0.2) is 69.9 Å². The van der Waals surface area contributed by atoms with Crippen LogP contribution >= 0.6 is 0 Å². The number of alkyl halides is 3. The summed E-state index contributed by atoms with van der Waals surface area (Å²) in [7, 11) is 0. The van der Waals surface area contributed by atoms with E-state index in [2.05, 4.69) is 0 Å². The summed E-state index contributed by atoms with van der Waals surface area (Å²) in [5, 5.41) is -0.225.